The van der Waals surface area contributed by atoms with Crippen molar-refractivity contribution in [2.45, 2.75) is 45.4 Å². The summed E-state index contributed by atoms with van der Waals surface area (Å²) in [4.78, 5) is 14.3. The number of rotatable bonds is 7. The van der Waals surface area contributed by atoms with Gasteiger partial charge in [-0.15, -0.1) is 0 Å². The van der Waals surface area contributed by atoms with Crippen molar-refractivity contribution in [1.29, 1.82) is 0 Å². The zero-order valence-electron chi connectivity index (χ0n) is 13.2. The third kappa shape index (κ3) is 4.28. The summed E-state index contributed by atoms with van der Waals surface area (Å²) < 4.78 is 6.88. The van der Waals surface area contributed by atoms with Crippen LogP contribution in [0.15, 0.2) is 17.1 Å². The molecule has 2 unspecified atom stereocenters. The lowest BCUT2D eigenvalue weighted by Gasteiger charge is -2.19. The van der Waals surface area contributed by atoms with E-state index in [-0.39, 0.29) is 17.7 Å². The molecule has 1 aliphatic rings. The van der Waals surface area contributed by atoms with Crippen molar-refractivity contribution >= 4 is 5.69 Å². The highest BCUT2D eigenvalue weighted by Gasteiger charge is 2.22. The Morgan fingerprint density at radius 2 is 2.38 bits per heavy atom. The van der Waals surface area contributed by atoms with E-state index in [1.165, 1.54) is 4.68 Å². The Hall–Kier alpha value is -1.40. The van der Waals surface area contributed by atoms with Crippen LogP contribution in [0.1, 0.15) is 26.7 Å². The zero-order valence-corrected chi connectivity index (χ0v) is 13.2. The molecule has 1 N–H and O–H groups in total. The number of nitrogens with one attached hydrogen (secondary N) is 1. The average Bonchev–Trinajstić information content (AvgIpc) is 2.96. The van der Waals surface area contributed by atoms with Gasteiger partial charge in [-0.25, -0.2) is 4.68 Å². The first-order valence-electron chi connectivity index (χ1n) is 7.72. The Kier molecular flexibility index (Phi) is 5.76. The summed E-state index contributed by atoms with van der Waals surface area (Å²) in [6, 6.07) is 1.92. The molecule has 0 spiro atoms. The van der Waals surface area contributed by atoms with Gasteiger partial charge in [-0.3, -0.25) is 4.79 Å². The topological polar surface area (TPSA) is 59.4 Å². The maximum absolute atomic E-state index is 12.2. The van der Waals surface area contributed by atoms with Gasteiger partial charge in [0.1, 0.15) is 0 Å². The summed E-state index contributed by atoms with van der Waals surface area (Å²) in [6.07, 6.45) is 4.12. The predicted octanol–water partition coefficient (Wildman–Crippen LogP) is 0.857. The molecule has 2 atom stereocenters. The largest absolute Gasteiger partial charge is 0.380 e. The van der Waals surface area contributed by atoms with Gasteiger partial charge in [-0.1, -0.05) is 6.92 Å². The van der Waals surface area contributed by atoms with Crippen molar-refractivity contribution in [2.75, 3.05) is 31.6 Å². The molecule has 1 aromatic rings. The van der Waals surface area contributed by atoms with Crippen LogP contribution in [-0.4, -0.2) is 48.7 Å². The maximum atomic E-state index is 12.2. The first kappa shape index (κ1) is 16.0. The number of anilines is 1. The molecule has 0 radical (unpaired) electrons. The van der Waals surface area contributed by atoms with Crippen LogP contribution in [0.3, 0.4) is 0 Å². The number of methoxy groups -OCH3 is 1. The lowest BCUT2D eigenvalue weighted by molar-refractivity contribution is 0.121. The van der Waals surface area contributed by atoms with Gasteiger partial charge in [0.2, 0.25) is 0 Å². The molecule has 1 aromatic heterocycles. The van der Waals surface area contributed by atoms with E-state index >= 15 is 0 Å². The fourth-order valence-corrected chi connectivity index (χ4v) is 2.60. The minimum Gasteiger partial charge on any atom is -0.380 e. The fourth-order valence-electron chi connectivity index (χ4n) is 2.60. The Bertz CT molecular complexity index is 503. The molecule has 6 nitrogen and oxygen atoms in total. The van der Waals surface area contributed by atoms with Gasteiger partial charge in [0.15, 0.2) is 0 Å². The molecule has 6 heteroatoms. The second kappa shape index (κ2) is 7.56. The third-order valence-corrected chi connectivity index (χ3v) is 3.89. The van der Waals surface area contributed by atoms with Crippen LogP contribution in [0.4, 0.5) is 5.69 Å². The molecular formula is C15H26N4O2. The number of hydrogen-bond donors (Lipinski definition) is 1. The Morgan fingerprint density at radius 1 is 1.57 bits per heavy atom. The van der Waals surface area contributed by atoms with Crippen LogP contribution >= 0.6 is 0 Å². The number of aromatic nitrogens is 2. The van der Waals surface area contributed by atoms with E-state index < -0.39 is 0 Å². The fraction of sp³-hybridized carbons (Fsp3) is 0.733. The average molecular weight is 294 g/mol. The summed E-state index contributed by atoms with van der Waals surface area (Å²) in [5, 5.41) is 7.67. The van der Waals surface area contributed by atoms with Crippen molar-refractivity contribution in [1.82, 2.24) is 15.1 Å². The van der Waals surface area contributed by atoms with E-state index in [4.69, 9.17) is 4.74 Å². The van der Waals surface area contributed by atoms with Crippen LogP contribution in [-0.2, 0) is 11.3 Å². The molecule has 0 aromatic carbocycles. The summed E-state index contributed by atoms with van der Waals surface area (Å²) >= 11 is 0. The van der Waals surface area contributed by atoms with Crippen LogP contribution in [0, 0.1) is 0 Å². The second-order valence-electron chi connectivity index (χ2n) is 5.68. The van der Waals surface area contributed by atoms with Gasteiger partial charge in [0.05, 0.1) is 24.5 Å². The van der Waals surface area contributed by atoms with Crippen LogP contribution < -0.4 is 15.8 Å². The van der Waals surface area contributed by atoms with Crippen molar-refractivity contribution in [2.24, 2.45) is 0 Å². The minimum atomic E-state index is -0.0430. The quantitative estimate of drug-likeness (QED) is 0.808. The molecule has 2 rings (SSSR count). The lowest BCUT2D eigenvalue weighted by Crippen LogP contribution is -2.36. The molecule has 2 heterocycles. The molecule has 21 heavy (non-hydrogen) atoms. The normalized spacial score (nSPS) is 20.0. The summed E-state index contributed by atoms with van der Waals surface area (Å²) in [5.41, 5.74) is 0.850. The van der Waals surface area contributed by atoms with Crippen molar-refractivity contribution in [3.63, 3.8) is 0 Å². The van der Waals surface area contributed by atoms with Gasteiger partial charge >= 0.3 is 0 Å². The van der Waals surface area contributed by atoms with Crippen LogP contribution in [0.2, 0.25) is 0 Å². The summed E-state index contributed by atoms with van der Waals surface area (Å²) in [5.74, 6) is 0. The summed E-state index contributed by atoms with van der Waals surface area (Å²) in [7, 11) is 1.73. The molecule has 1 aliphatic heterocycles. The molecule has 0 amide bonds. The molecule has 0 bridgehead atoms. The monoisotopic (exact) mass is 294 g/mol. The van der Waals surface area contributed by atoms with Crippen LogP contribution in [0.5, 0.6) is 0 Å². The van der Waals surface area contributed by atoms with E-state index in [1.807, 2.05) is 0 Å². The Labute approximate surface area is 126 Å². The van der Waals surface area contributed by atoms with E-state index in [2.05, 4.69) is 29.2 Å². The first-order chi connectivity index (χ1) is 10.1. The SMILES string of the molecule is CCCNC(C)Cn1ncc(N2CCC(OC)C2)cc1=O. The maximum Gasteiger partial charge on any atom is 0.268 e. The van der Waals surface area contributed by atoms with E-state index in [9.17, 15) is 4.79 Å². The van der Waals surface area contributed by atoms with E-state index in [0.717, 1.165) is 38.2 Å². The number of hydrogen-bond acceptors (Lipinski definition) is 5. The minimum absolute atomic E-state index is 0.0430. The van der Waals surface area contributed by atoms with Crippen molar-refractivity contribution in [3.05, 3.63) is 22.6 Å². The van der Waals surface area contributed by atoms with Gasteiger partial charge in [-0.05, 0) is 26.3 Å². The standard InChI is InChI=1S/C15H26N4O2/c1-4-6-16-12(2)10-19-15(20)8-13(9-17-19)18-7-5-14(11-18)21-3/h8-9,12,14,16H,4-7,10-11H2,1-3H3. The molecule has 1 fully saturated rings. The van der Waals surface area contributed by atoms with Gasteiger partial charge < -0.3 is 15.0 Å². The first-order valence-corrected chi connectivity index (χ1v) is 7.72. The molecule has 1 saturated heterocycles. The van der Waals surface area contributed by atoms with Crippen molar-refractivity contribution < 1.29 is 4.74 Å². The van der Waals surface area contributed by atoms with Crippen molar-refractivity contribution in [3.8, 4) is 0 Å². The second-order valence-corrected chi connectivity index (χ2v) is 5.68. The Balaban J connectivity index is 1.99. The zero-order chi connectivity index (χ0) is 15.2. The third-order valence-electron chi connectivity index (χ3n) is 3.89. The summed E-state index contributed by atoms with van der Waals surface area (Å²) in [6.45, 7) is 7.50. The molecular weight excluding hydrogens is 268 g/mol. The molecule has 0 aliphatic carbocycles. The van der Waals surface area contributed by atoms with E-state index in [1.54, 1.807) is 19.4 Å². The highest BCUT2D eigenvalue weighted by Crippen LogP contribution is 2.19. The predicted molar refractivity (Wildman–Crippen MR) is 83.9 cm³/mol. The van der Waals surface area contributed by atoms with Gasteiger partial charge in [-0.2, -0.15) is 5.10 Å². The van der Waals surface area contributed by atoms with Gasteiger partial charge in [0.25, 0.3) is 5.56 Å². The van der Waals surface area contributed by atoms with E-state index in [0.29, 0.717) is 6.54 Å². The number of ether oxygens (including phenoxy) is 1. The van der Waals surface area contributed by atoms with Gasteiger partial charge in [0, 0.05) is 32.3 Å². The molecule has 118 valence electrons. The highest BCUT2D eigenvalue weighted by molar-refractivity contribution is 5.44. The molecule has 0 saturated carbocycles. The highest BCUT2D eigenvalue weighted by atomic mass is 16.5. The Morgan fingerprint density at radius 3 is 3.00 bits per heavy atom. The van der Waals surface area contributed by atoms with Crippen LogP contribution in [0.25, 0.3) is 0 Å². The number of nitrogens with zero attached hydrogens (tertiary/aromatic N) is 3. The lowest BCUT2D eigenvalue weighted by atomic mass is 10.3. The smallest absolute Gasteiger partial charge is 0.268 e.